The number of benzene rings is 2. The van der Waals surface area contributed by atoms with Crippen molar-refractivity contribution in [2.45, 2.75) is 24.5 Å². The van der Waals surface area contributed by atoms with Crippen molar-refractivity contribution in [2.24, 2.45) is 0 Å². The van der Waals surface area contributed by atoms with Crippen LogP contribution in [0.5, 0.6) is 0 Å². The average molecular weight is 488 g/mol. The third kappa shape index (κ3) is 5.73. The normalized spacial score (nSPS) is 10.7. The molecule has 0 aliphatic heterocycles. The molecular formula is C22H22BrN3O3S. The molecule has 30 heavy (non-hydrogen) atoms. The third-order valence-electron chi connectivity index (χ3n) is 4.35. The number of aromatic nitrogens is 1. The Morgan fingerprint density at radius 2 is 1.93 bits per heavy atom. The summed E-state index contributed by atoms with van der Waals surface area (Å²) in [5.74, 6) is 0.850. The van der Waals surface area contributed by atoms with E-state index in [2.05, 4.69) is 26.4 Å². The highest BCUT2D eigenvalue weighted by atomic mass is 79.9. The van der Waals surface area contributed by atoms with Crippen LogP contribution in [0.3, 0.4) is 0 Å². The number of nitrogens with one attached hydrogen (secondary N) is 1. The van der Waals surface area contributed by atoms with E-state index in [9.17, 15) is 9.59 Å². The Morgan fingerprint density at radius 3 is 2.63 bits per heavy atom. The molecule has 1 aromatic heterocycles. The number of rotatable bonds is 7. The number of likely N-dealkylation sites (N-methyl/N-ethyl adjacent to an activating group) is 1. The van der Waals surface area contributed by atoms with Crippen LogP contribution >= 0.6 is 27.7 Å². The molecule has 3 rings (SSSR count). The van der Waals surface area contributed by atoms with Crippen molar-refractivity contribution in [1.29, 1.82) is 0 Å². The lowest BCUT2D eigenvalue weighted by Crippen LogP contribution is -2.35. The van der Waals surface area contributed by atoms with E-state index in [1.165, 1.54) is 16.7 Å². The monoisotopic (exact) mass is 487 g/mol. The number of carbonyl (C=O) groups excluding carboxylic acids is 2. The van der Waals surface area contributed by atoms with Crippen LogP contribution in [0.25, 0.3) is 0 Å². The van der Waals surface area contributed by atoms with Crippen molar-refractivity contribution >= 4 is 45.2 Å². The van der Waals surface area contributed by atoms with Crippen LogP contribution in [-0.4, -0.2) is 35.5 Å². The molecule has 0 saturated heterocycles. The molecule has 1 N–H and O–H groups in total. The lowest BCUT2D eigenvalue weighted by molar-refractivity contribution is -0.116. The van der Waals surface area contributed by atoms with Gasteiger partial charge in [-0.15, -0.1) is 11.8 Å². The Labute approximate surface area is 188 Å². The maximum absolute atomic E-state index is 13.0. The molecule has 0 radical (unpaired) electrons. The largest absolute Gasteiger partial charge is 0.360 e. The van der Waals surface area contributed by atoms with Gasteiger partial charge in [0.25, 0.3) is 5.91 Å². The molecule has 0 bridgehead atoms. The van der Waals surface area contributed by atoms with Gasteiger partial charge in [0.2, 0.25) is 5.91 Å². The van der Waals surface area contributed by atoms with E-state index in [1.54, 1.807) is 13.1 Å². The second-order valence-corrected chi connectivity index (χ2v) is 8.82. The van der Waals surface area contributed by atoms with E-state index < -0.39 is 0 Å². The Bertz CT molecular complexity index is 1070. The highest BCUT2D eigenvalue weighted by Crippen LogP contribution is 2.27. The van der Waals surface area contributed by atoms with E-state index in [0.29, 0.717) is 11.3 Å². The zero-order valence-electron chi connectivity index (χ0n) is 16.9. The summed E-state index contributed by atoms with van der Waals surface area (Å²) < 4.78 is 6.18. The maximum atomic E-state index is 13.0. The van der Waals surface area contributed by atoms with Gasteiger partial charge in [-0.1, -0.05) is 33.2 Å². The van der Waals surface area contributed by atoms with Crippen molar-refractivity contribution in [3.8, 4) is 0 Å². The van der Waals surface area contributed by atoms with Gasteiger partial charge in [-0.05, 0) is 49.7 Å². The molecule has 0 unspecified atom stereocenters. The van der Waals surface area contributed by atoms with E-state index in [4.69, 9.17) is 4.52 Å². The molecule has 0 atom stereocenters. The quantitative estimate of drug-likeness (QED) is 0.471. The second kappa shape index (κ2) is 9.95. The Kier molecular flexibility index (Phi) is 7.33. The van der Waals surface area contributed by atoms with E-state index in [-0.39, 0.29) is 18.4 Å². The standard InChI is InChI=1S/C22H22BrN3O3S/c1-14-10-16(23)8-9-19(14)24-21(27)12-26(3)22(28)18-6-4-5-7-20(18)30-13-17-11-15(2)25-29-17/h4-11H,12-13H2,1-3H3,(H,24,27). The van der Waals surface area contributed by atoms with Crippen LogP contribution in [0.4, 0.5) is 5.69 Å². The minimum absolute atomic E-state index is 0.0470. The minimum atomic E-state index is -0.251. The van der Waals surface area contributed by atoms with Gasteiger partial charge in [-0.3, -0.25) is 9.59 Å². The number of halogens is 1. The number of thioether (sulfide) groups is 1. The summed E-state index contributed by atoms with van der Waals surface area (Å²) in [6.45, 7) is 3.73. The molecule has 156 valence electrons. The summed E-state index contributed by atoms with van der Waals surface area (Å²) in [5.41, 5.74) is 3.04. The van der Waals surface area contributed by atoms with Gasteiger partial charge in [-0.2, -0.15) is 0 Å². The number of nitrogens with zero attached hydrogens (tertiary/aromatic N) is 2. The Balaban J connectivity index is 1.64. The highest BCUT2D eigenvalue weighted by Gasteiger charge is 2.19. The van der Waals surface area contributed by atoms with Crippen molar-refractivity contribution in [1.82, 2.24) is 10.1 Å². The molecule has 2 aromatic carbocycles. The molecule has 0 fully saturated rings. The first-order chi connectivity index (χ1) is 14.3. The number of amides is 2. The number of carbonyl (C=O) groups is 2. The highest BCUT2D eigenvalue weighted by molar-refractivity contribution is 9.10. The lowest BCUT2D eigenvalue weighted by atomic mass is 10.2. The molecule has 3 aromatic rings. The topological polar surface area (TPSA) is 75.4 Å². The van der Waals surface area contributed by atoms with Crippen LogP contribution in [0.2, 0.25) is 0 Å². The first kappa shape index (κ1) is 22.1. The van der Waals surface area contributed by atoms with Crippen LogP contribution in [0.15, 0.2) is 62.4 Å². The maximum Gasteiger partial charge on any atom is 0.255 e. The van der Waals surface area contributed by atoms with Crippen LogP contribution in [0, 0.1) is 13.8 Å². The van der Waals surface area contributed by atoms with Crippen LogP contribution < -0.4 is 5.32 Å². The van der Waals surface area contributed by atoms with Gasteiger partial charge in [0.05, 0.1) is 23.6 Å². The smallest absolute Gasteiger partial charge is 0.255 e. The number of aryl methyl sites for hydroxylation is 2. The number of hydrogen-bond acceptors (Lipinski definition) is 5. The van der Waals surface area contributed by atoms with Crippen LogP contribution in [-0.2, 0) is 10.5 Å². The average Bonchev–Trinajstić information content (AvgIpc) is 3.13. The summed E-state index contributed by atoms with van der Waals surface area (Å²) in [6.07, 6.45) is 0. The first-order valence-corrected chi connectivity index (χ1v) is 11.1. The minimum Gasteiger partial charge on any atom is -0.360 e. The lowest BCUT2D eigenvalue weighted by Gasteiger charge is -2.19. The zero-order chi connectivity index (χ0) is 21.7. The fourth-order valence-corrected chi connectivity index (χ4v) is 4.25. The second-order valence-electron chi connectivity index (χ2n) is 6.89. The Hall–Kier alpha value is -2.58. The van der Waals surface area contributed by atoms with Crippen LogP contribution in [0.1, 0.15) is 27.4 Å². The predicted octanol–water partition coefficient (Wildman–Crippen LogP) is 5.06. The first-order valence-electron chi connectivity index (χ1n) is 9.29. The van der Waals surface area contributed by atoms with Gasteiger partial charge in [0.15, 0.2) is 0 Å². The van der Waals surface area contributed by atoms with E-state index in [1.807, 2.05) is 56.3 Å². The summed E-state index contributed by atoms with van der Waals surface area (Å²) in [6, 6.07) is 14.8. The van der Waals surface area contributed by atoms with E-state index in [0.717, 1.165) is 32.1 Å². The van der Waals surface area contributed by atoms with Gasteiger partial charge in [-0.25, -0.2) is 0 Å². The summed E-state index contributed by atoms with van der Waals surface area (Å²) in [4.78, 5) is 27.7. The van der Waals surface area contributed by atoms with Crippen molar-refractivity contribution < 1.29 is 14.1 Å². The molecule has 0 aliphatic carbocycles. The van der Waals surface area contributed by atoms with Gasteiger partial charge < -0.3 is 14.7 Å². The van der Waals surface area contributed by atoms with Crippen molar-refractivity contribution in [3.63, 3.8) is 0 Å². The molecule has 6 nitrogen and oxygen atoms in total. The fourth-order valence-electron chi connectivity index (χ4n) is 2.85. The summed E-state index contributed by atoms with van der Waals surface area (Å²) in [7, 11) is 1.62. The number of hydrogen-bond donors (Lipinski definition) is 1. The molecule has 1 heterocycles. The van der Waals surface area contributed by atoms with Crippen molar-refractivity contribution in [3.05, 3.63) is 75.6 Å². The number of anilines is 1. The molecule has 8 heteroatoms. The van der Waals surface area contributed by atoms with E-state index >= 15 is 0 Å². The zero-order valence-corrected chi connectivity index (χ0v) is 19.3. The fraction of sp³-hybridized carbons (Fsp3) is 0.227. The SMILES string of the molecule is Cc1cc(CSc2ccccc2C(=O)N(C)CC(=O)Nc2ccc(Br)cc2C)on1. The molecular weight excluding hydrogens is 466 g/mol. The molecule has 2 amide bonds. The Morgan fingerprint density at radius 1 is 1.17 bits per heavy atom. The summed E-state index contributed by atoms with van der Waals surface area (Å²) in [5, 5.41) is 6.74. The summed E-state index contributed by atoms with van der Waals surface area (Å²) >= 11 is 4.90. The van der Waals surface area contributed by atoms with Gasteiger partial charge >= 0.3 is 0 Å². The van der Waals surface area contributed by atoms with Gasteiger partial charge in [0, 0.05) is 28.2 Å². The van der Waals surface area contributed by atoms with Crippen molar-refractivity contribution in [2.75, 3.05) is 18.9 Å². The van der Waals surface area contributed by atoms with Gasteiger partial charge in [0.1, 0.15) is 5.76 Å². The molecule has 0 spiro atoms. The molecule has 0 aliphatic rings. The third-order valence-corrected chi connectivity index (χ3v) is 5.94. The predicted molar refractivity (Wildman–Crippen MR) is 122 cm³/mol. The molecule has 0 saturated carbocycles.